The van der Waals surface area contributed by atoms with Crippen molar-refractivity contribution in [1.82, 2.24) is 0 Å². The summed E-state index contributed by atoms with van der Waals surface area (Å²) < 4.78 is 6.41. The molecule has 3 aromatic rings. The van der Waals surface area contributed by atoms with E-state index in [4.69, 9.17) is 4.74 Å². The standard InChI is InChI=1S/C26H22O3/c27-22-17-16-21-23(22)24(21)25(28)29-26(18-10-4-1-5-11-18,19-12-6-2-7-13-19)20-14-8-3-9-15-20/h1-15,21,23-24H,16-17H2. The Kier molecular flexibility index (Phi) is 4.31. The molecule has 0 aliphatic heterocycles. The predicted octanol–water partition coefficient (Wildman–Crippen LogP) is 4.75. The van der Waals surface area contributed by atoms with Gasteiger partial charge in [0.15, 0.2) is 5.60 Å². The summed E-state index contributed by atoms with van der Waals surface area (Å²) in [6.07, 6.45) is 1.40. The first kappa shape index (κ1) is 17.9. The van der Waals surface area contributed by atoms with E-state index in [2.05, 4.69) is 0 Å². The lowest BCUT2D eigenvalue weighted by Crippen LogP contribution is -2.36. The topological polar surface area (TPSA) is 43.4 Å². The third-order valence-electron chi connectivity index (χ3n) is 6.33. The molecule has 0 spiro atoms. The highest BCUT2D eigenvalue weighted by molar-refractivity contribution is 5.95. The molecule has 3 atom stereocenters. The Morgan fingerprint density at radius 2 is 1.21 bits per heavy atom. The number of esters is 1. The molecule has 2 saturated carbocycles. The Hall–Kier alpha value is -3.20. The van der Waals surface area contributed by atoms with Gasteiger partial charge in [0.25, 0.3) is 0 Å². The zero-order valence-corrected chi connectivity index (χ0v) is 16.0. The molecule has 3 unspecified atom stereocenters. The predicted molar refractivity (Wildman–Crippen MR) is 110 cm³/mol. The van der Waals surface area contributed by atoms with Crippen molar-refractivity contribution in [2.75, 3.05) is 0 Å². The van der Waals surface area contributed by atoms with Gasteiger partial charge in [-0.1, -0.05) is 91.0 Å². The fourth-order valence-corrected chi connectivity index (χ4v) is 4.88. The number of Topliss-reactive ketones (excluding diaryl/α,β-unsaturated/α-hetero) is 1. The normalized spacial score (nSPS) is 22.8. The number of carbonyl (C=O) groups excluding carboxylic acids is 2. The molecule has 0 radical (unpaired) electrons. The first-order chi connectivity index (χ1) is 14.2. The SMILES string of the molecule is O=C1CCC2C1C2C(=O)OC(c1ccccc1)(c1ccccc1)c1ccccc1. The summed E-state index contributed by atoms with van der Waals surface area (Å²) in [5, 5.41) is 0. The van der Waals surface area contributed by atoms with Crippen molar-refractivity contribution in [3.05, 3.63) is 108 Å². The smallest absolute Gasteiger partial charge is 0.311 e. The molecule has 3 heteroatoms. The van der Waals surface area contributed by atoms with Crippen LogP contribution in [-0.4, -0.2) is 11.8 Å². The molecule has 0 heterocycles. The van der Waals surface area contributed by atoms with E-state index < -0.39 is 5.60 Å². The number of rotatable bonds is 5. The van der Waals surface area contributed by atoms with Gasteiger partial charge in [-0.15, -0.1) is 0 Å². The summed E-state index contributed by atoms with van der Waals surface area (Å²) in [5.41, 5.74) is 1.62. The monoisotopic (exact) mass is 382 g/mol. The molecule has 3 aromatic carbocycles. The van der Waals surface area contributed by atoms with Gasteiger partial charge in [0.1, 0.15) is 5.78 Å². The molecular weight excluding hydrogens is 360 g/mol. The Balaban J connectivity index is 1.64. The van der Waals surface area contributed by atoms with E-state index in [1.54, 1.807) is 0 Å². The molecule has 2 aliphatic carbocycles. The number of ketones is 1. The van der Waals surface area contributed by atoms with Crippen LogP contribution in [0.1, 0.15) is 29.5 Å². The largest absolute Gasteiger partial charge is 0.444 e. The lowest BCUT2D eigenvalue weighted by molar-refractivity contribution is -0.156. The van der Waals surface area contributed by atoms with Crippen LogP contribution in [0.3, 0.4) is 0 Å². The fourth-order valence-electron chi connectivity index (χ4n) is 4.88. The van der Waals surface area contributed by atoms with Crippen LogP contribution in [0.4, 0.5) is 0 Å². The molecule has 0 amide bonds. The lowest BCUT2D eigenvalue weighted by atomic mass is 9.80. The number of hydrogen-bond acceptors (Lipinski definition) is 3. The highest BCUT2D eigenvalue weighted by atomic mass is 16.6. The zero-order valence-electron chi connectivity index (χ0n) is 16.0. The van der Waals surface area contributed by atoms with E-state index in [9.17, 15) is 9.59 Å². The van der Waals surface area contributed by atoms with E-state index in [1.165, 1.54) is 0 Å². The Morgan fingerprint density at radius 1 is 0.759 bits per heavy atom. The minimum Gasteiger partial charge on any atom is -0.444 e. The Bertz CT molecular complexity index is 931. The highest BCUT2D eigenvalue weighted by Crippen LogP contribution is 2.57. The van der Waals surface area contributed by atoms with E-state index in [0.717, 1.165) is 23.1 Å². The Labute approximate surface area is 170 Å². The average Bonchev–Trinajstić information content (AvgIpc) is 3.41. The van der Waals surface area contributed by atoms with Crippen molar-refractivity contribution in [3.63, 3.8) is 0 Å². The van der Waals surface area contributed by atoms with Crippen LogP contribution in [0.25, 0.3) is 0 Å². The second-order valence-electron chi connectivity index (χ2n) is 7.92. The number of benzene rings is 3. The van der Waals surface area contributed by atoms with E-state index >= 15 is 0 Å². The van der Waals surface area contributed by atoms with Gasteiger partial charge in [0.05, 0.1) is 5.92 Å². The van der Waals surface area contributed by atoms with Gasteiger partial charge >= 0.3 is 5.97 Å². The van der Waals surface area contributed by atoms with Crippen molar-refractivity contribution in [2.45, 2.75) is 18.4 Å². The molecule has 144 valence electrons. The van der Waals surface area contributed by atoms with Gasteiger partial charge in [0, 0.05) is 29.0 Å². The maximum atomic E-state index is 13.3. The quantitative estimate of drug-likeness (QED) is 0.473. The first-order valence-electron chi connectivity index (χ1n) is 10.1. The lowest BCUT2D eigenvalue weighted by Gasteiger charge is -2.35. The highest BCUT2D eigenvalue weighted by Gasteiger charge is 2.63. The summed E-state index contributed by atoms with van der Waals surface area (Å²) in [7, 11) is 0. The minimum atomic E-state index is -1.05. The number of ether oxygens (including phenoxy) is 1. The summed E-state index contributed by atoms with van der Waals surface area (Å²) in [5.74, 6) is -0.337. The number of hydrogen-bond donors (Lipinski definition) is 0. The molecule has 5 rings (SSSR count). The minimum absolute atomic E-state index is 0.137. The van der Waals surface area contributed by atoms with Crippen LogP contribution in [0.15, 0.2) is 91.0 Å². The van der Waals surface area contributed by atoms with E-state index in [1.807, 2.05) is 91.0 Å². The zero-order chi connectivity index (χ0) is 19.8. The first-order valence-corrected chi connectivity index (χ1v) is 10.1. The summed E-state index contributed by atoms with van der Waals surface area (Å²) in [6.45, 7) is 0. The van der Waals surface area contributed by atoms with Crippen LogP contribution in [0.5, 0.6) is 0 Å². The van der Waals surface area contributed by atoms with Crippen LogP contribution < -0.4 is 0 Å². The summed E-state index contributed by atoms with van der Waals surface area (Å²) >= 11 is 0. The van der Waals surface area contributed by atoms with Crippen molar-refractivity contribution in [3.8, 4) is 0 Å². The third-order valence-corrected chi connectivity index (χ3v) is 6.33. The van der Waals surface area contributed by atoms with Gasteiger partial charge in [-0.2, -0.15) is 0 Å². The molecule has 2 aliphatic rings. The summed E-state index contributed by atoms with van der Waals surface area (Å²) in [4.78, 5) is 25.4. The third kappa shape index (κ3) is 2.89. The van der Waals surface area contributed by atoms with Gasteiger partial charge < -0.3 is 4.74 Å². The van der Waals surface area contributed by atoms with Crippen molar-refractivity contribution in [1.29, 1.82) is 0 Å². The van der Waals surface area contributed by atoms with Crippen LogP contribution in [0.2, 0.25) is 0 Å². The van der Waals surface area contributed by atoms with Crippen LogP contribution in [-0.2, 0) is 19.9 Å². The molecule has 29 heavy (non-hydrogen) atoms. The fraction of sp³-hybridized carbons (Fsp3) is 0.231. The molecule has 0 aromatic heterocycles. The number of fused-ring (bicyclic) bond motifs is 1. The van der Waals surface area contributed by atoms with Gasteiger partial charge in [-0.3, -0.25) is 9.59 Å². The van der Waals surface area contributed by atoms with Gasteiger partial charge in [-0.25, -0.2) is 0 Å². The van der Waals surface area contributed by atoms with Crippen molar-refractivity contribution < 1.29 is 14.3 Å². The van der Waals surface area contributed by atoms with Crippen LogP contribution in [0, 0.1) is 17.8 Å². The number of carbonyl (C=O) groups is 2. The molecule has 0 bridgehead atoms. The second kappa shape index (κ2) is 7.00. The molecule has 0 saturated heterocycles. The molecule has 3 nitrogen and oxygen atoms in total. The maximum absolute atomic E-state index is 13.3. The van der Waals surface area contributed by atoms with E-state index in [0.29, 0.717) is 6.42 Å². The molecule has 0 N–H and O–H groups in total. The average molecular weight is 382 g/mol. The Morgan fingerprint density at radius 3 is 1.59 bits per heavy atom. The maximum Gasteiger partial charge on any atom is 0.311 e. The molecular formula is C26H22O3. The van der Waals surface area contributed by atoms with Crippen LogP contribution >= 0.6 is 0 Å². The van der Waals surface area contributed by atoms with E-state index in [-0.39, 0.29) is 29.5 Å². The second-order valence-corrected chi connectivity index (χ2v) is 7.92. The van der Waals surface area contributed by atoms with Gasteiger partial charge in [-0.05, 0) is 12.3 Å². The summed E-state index contributed by atoms with van der Waals surface area (Å²) in [6, 6.07) is 29.6. The molecule has 2 fully saturated rings. The van der Waals surface area contributed by atoms with Gasteiger partial charge in [0.2, 0.25) is 0 Å². The van der Waals surface area contributed by atoms with Crippen molar-refractivity contribution in [2.24, 2.45) is 17.8 Å². The van der Waals surface area contributed by atoms with Crippen molar-refractivity contribution >= 4 is 11.8 Å².